The maximum atomic E-state index is 3.95. The van der Waals surface area contributed by atoms with Gasteiger partial charge in [0.15, 0.2) is 0 Å². The van der Waals surface area contributed by atoms with Gasteiger partial charge in [0, 0.05) is 12.2 Å². The third kappa shape index (κ3) is 1.92. The number of benzene rings is 2. The monoisotopic (exact) mass is 235 g/mol. The molecule has 90 valence electrons. The van der Waals surface area contributed by atoms with E-state index < -0.39 is 0 Å². The fourth-order valence-corrected chi connectivity index (χ4v) is 2.66. The van der Waals surface area contributed by atoms with Gasteiger partial charge >= 0.3 is 0 Å². The van der Waals surface area contributed by atoms with Gasteiger partial charge < -0.3 is 4.90 Å². The van der Waals surface area contributed by atoms with Gasteiger partial charge in [-0.3, -0.25) is 0 Å². The predicted octanol–water partition coefficient (Wildman–Crippen LogP) is 3.94. The predicted molar refractivity (Wildman–Crippen MR) is 76.7 cm³/mol. The second kappa shape index (κ2) is 4.69. The number of anilines is 1. The van der Waals surface area contributed by atoms with Crippen molar-refractivity contribution in [3.63, 3.8) is 0 Å². The van der Waals surface area contributed by atoms with Crippen molar-refractivity contribution in [1.82, 2.24) is 0 Å². The number of hydrogen-bond donors (Lipinski definition) is 0. The Bertz CT molecular complexity index is 571. The SMILES string of the molecule is C=CN1Cc2ccccc2CCc2ccccc21. The molecule has 18 heavy (non-hydrogen) atoms. The minimum atomic E-state index is 0.913. The maximum absolute atomic E-state index is 3.95. The number of nitrogens with zero attached hydrogens (tertiary/aromatic N) is 1. The zero-order valence-electron chi connectivity index (χ0n) is 10.5. The Morgan fingerprint density at radius 2 is 1.44 bits per heavy atom. The molecule has 1 heteroatoms. The summed E-state index contributed by atoms with van der Waals surface area (Å²) in [4.78, 5) is 2.24. The van der Waals surface area contributed by atoms with E-state index in [2.05, 4.69) is 60.0 Å². The van der Waals surface area contributed by atoms with Crippen LogP contribution >= 0.6 is 0 Å². The van der Waals surface area contributed by atoms with Crippen LogP contribution in [0.4, 0.5) is 5.69 Å². The van der Waals surface area contributed by atoms with Gasteiger partial charge in [-0.2, -0.15) is 0 Å². The van der Waals surface area contributed by atoms with E-state index in [-0.39, 0.29) is 0 Å². The summed E-state index contributed by atoms with van der Waals surface area (Å²) in [5.74, 6) is 0. The van der Waals surface area contributed by atoms with E-state index in [1.165, 1.54) is 22.4 Å². The molecule has 0 saturated carbocycles. The molecule has 1 aliphatic heterocycles. The quantitative estimate of drug-likeness (QED) is 0.723. The van der Waals surface area contributed by atoms with Crippen molar-refractivity contribution < 1.29 is 0 Å². The Labute approximate surface area is 108 Å². The lowest BCUT2D eigenvalue weighted by atomic mass is 9.96. The van der Waals surface area contributed by atoms with Gasteiger partial charge in [0.2, 0.25) is 0 Å². The molecule has 0 radical (unpaired) electrons. The van der Waals surface area contributed by atoms with Gasteiger partial charge in [-0.05, 0) is 41.8 Å². The lowest BCUT2D eigenvalue weighted by Gasteiger charge is -2.27. The molecule has 0 spiro atoms. The highest BCUT2D eigenvalue weighted by Gasteiger charge is 2.14. The van der Waals surface area contributed by atoms with E-state index in [4.69, 9.17) is 0 Å². The molecule has 0 unspecified atom stereocenters. The summed E-state index contributed by atoms with van der Waals surface area (Å²) in [5, 5.41) is 0. The molecule has 1 aliphatic rings. The fourth-order valence-electron chi connectivity index (χ4n) is 2.66. The van der Waals surface area contributed by atoms with Crippen LogP contribution in [0, 0.1) is 0 Å². The van der Waals surface area contributed by atoms with Crippen LogP contribution in [0.5, 0.6) is 0 Å². The lowest BCUT2D eigenvalue weighted by molar-refractivity contribution is 0.859. The average molecular weight is 235 g/mol. The molecule has 0 N–H and O–H groups in total. The summed E-state index contributed by atoms with van der Waals surface area (Å²) in [6, 6.07) is 17.3. The second-order valence-electron chi connectivity index (χ2n) is 4.71. The van der Waals surface area contributed by atoms with Gasteiger partial charge in [-0.15, -0.1) is 0 Å². The molecule has 2 aromatic rings. The Balaban J connectivity index is 2.07. The zero-order valence-corrected chi connectivity index (χ0v) is 10.5. The zero-order chi connectivity index (χ0) is 12.4. The van der Waals surface area contributed by atoms with E-state index in [0.717, 1.165) is 19.4 Å². The molecule has 0 atom stereocenters. The van der Waals surface area contributed by atoms with Crippen LogP contribution in [-0.2, 0) is 19.4 Å². The van der Waals surface area contributed by atoms with Crippen molar-refractivity contribution in [2.75, 3.05) is 4.90 Å². The minimum absolute atomic E-state index is 0.913. The number of hydrogen-bond acceptors (Lipinski definition) is 1. The van der Waals surface area contributed by atoms with Crippen LogP contribution in [0.2, 0.25) is 0 Å². The molecule has 0 amide bonds. The smallest absolute Gasteiger partial charge is 0.0478 e. The van der Waals surface area contributed by atoms with Crippen LogP contribution in [0.25, 0.3) is 0 Å². The molecule has 3 rings (SSSR count). The van der Waals surface area contributed by atoms with Gasteiger partial charge in [0.05, 0.1) is 0 Å². The van der Waals surface area contributed by atoms with Crippen molar-refractivity contribution >= 4 is 5.69 Å². The van der Waals surface area contributed by atoms with Crippen LogP contribution in [0.1, 0.15) is 16.7 Å². The first kappa shape index (κ1) is 11.1. The highest BCUT2D eigenvalue weighted by molar-refractivity contribution is 5.57. The van der Waals surface area contributed by atoms with Crippen molar-refractivity contribution in [3.05, 3.63) is 78.0 Å². The molecule has 0 saturated heterocycles. The van der Waals surface area contributed by atoms with Gasteiger partial charge in [0.1, 0.15) is 0 Å². The lowest BCUT2D eigenvalue weighted by Crippen LogP contribution is -2.20. The largest absolute Gasteiger partial charge is 0.344 e. The Hall–Kier alpha value is -2.02. The fraction of sp³-hybridized carbons (Fsp3) is 0.176. The highest BCUT2D eigenvalue weighted by atomic mass is 15.1. The molecule has 1 nitrogen and oxygen atoms in total. The van der Waals surface area contributed by atoms with Gasteiger partial charge in [-0.1, -0.05) is 49.0 Å². The van der Waals surface area contributed by atoms with E-state index in [1.807, 2.05) is 6.20 Å². The normalized spacial score (nSPS) is 14.1. The topological polar surface area (TPSA) is 3.24 Å². The summed E-state index contributed by atoms with van der Waals surface area (Å²) in [6.45, 7) is 4.87. The summed E-state index contributed by atoms with van der Waals surface area (Å²) in [7, 11) is 0. The summed E-state index contributed by atoms with van der Waals surface area (Å²) in [6.07, 6.45) is 4.15. The molecule has 0 aliphatic carbocycles. The van der Waals surface area contributed by atoms with Gasteiger partial charge in [0.25, 0.3) is 0 Å². The number of para-hydroxylation sites is 1. The van der Waals surface area contributed by atoms with Gasteiger partial charge in [-0.25, -0.2) is 0 Å². The van der Waals surface area contributed by atoms with Crippen molar-refractivity contribution in [1.29, 1.82) is 0 Å². The summed E-state index contributed by atoms with van der Waals surface area (Å²) < 4.78 is 0. The standard InChI is InChI=1S/C17H17N/c1-2-18-13-16-9-4-3-7-14(16)11-12-15-8-5-6-10-17(15)18/h2-10H,1,11-13H2. The molecule has 0 bridgehead atoms. The third-order valence-electron chi connectivity index (χ3n) is 3.64. The van der Waals surface area contributed by atoms with Crippen molar-refractivity contribution in [3.8, 4) is 0 Å². The Morgan fingerprint density at radius 1 is 0.833 bits per heavy atom. The average Bonchev–Trinajstić information content (AvgIpc) is 2.41. The minimum Gasteiger partial charge on any atom is -0.344 e. The molecular weight excluding hydrogens is 218 g/mol. The number of rotatable bonds is 1. The Morgan fingerprint density at radius 3 is 2.22 bits per heavy atom. The van der Waals surface area contributed by atoms with E-state index in [1.54, 1.807) is 0 Å². The Kier molecular flexibility index (Phi) is 2.89. The highest BCUT2D eigenvalue weighted by Crippen LogP contribution is 2.28. The molecule has 2 aromatic carbocycles. The number of aryl methyl sites for hydroxylation is 2. The summed E-state index contributed by atoms with van der Waals surface area (Å²) in [5.41, 5.74) is 5.57. The van der Waals surface area contributed by atoms with Crippen LogP contribution in [0.3, 0.4) is 0 Å². The molecule has 0 fully saturated rings. The summed E-state index contributed by atoms with van der Waals surface area (Å²) >= 11 is 0. The van der Waals surface area contributed by atoms with E-state index in [9.17, 15) is 0 Å². The van der Waals surface area contributed by atoms with Crippen molar-refractivity contribution in [2.24, 2.45) is 0 Å². The molecule has 0 aromatic heterocycles. The molecule has 1 heterocycles. The first-order valence-corrected chi connectivity index (χ1v) is 6.42. The van der Waals surface area contributed by atoms with Crippen molar-refractivity contribution in [2.45, 2.75) is 19.4 Å². The van der Waals surface area contributed by atoms with Crippen LogP contribution < -0.4 is 4.90 Å². The molecular formula is C17H17N. The van der Waals surface area contributed by atoms with E-state index >= 15 is 0 Å². The number of fused-ring (bicyclic) bond motifs is 2. The second-order valence-corrected chi connectivity index (χ2v) is 4.71. The first-order valence-electron chi connectivity index (χ1n) is 6.42. The van der Waals surface area contributed by atoms with E-state index in [0.29, 0.717) is 0 Å². The van der Waals surface area contributed by atoms with Crippen LogP contribution in [-0.4, -0.2) is 0 Å². The third-order valence-corrected chi connectivity index (χ3v) is 3.64. The maximum Gasteiger partial charge on any atom is 0.0478 e. The van der Waals surface area contributed by atoms with Crippen LogP contribution in [0.15, 0.2) is 61.3 Å². The first-order chi connectivity index (χ1) is 8.88.